The third kappa shape index (κ3) is 6.46. The van der Waals surface area contributed by atoms with Gasteiger partial charge in [0, 0.05) is 10.5 Å². The van der Waals surface area contributed by atoms with Crippen LogP contribution >= 0.6 is 15.9 Å². The number of benzene rings is 2. The average Bonchev–Trinajstić information content (AvgIpc) is 2.59. The van der Waals surface area contributed by atoms with Gasteiger partial charge in [-0.3, -0.25) is 9.10 Å². The Morgan fingerprint density at radius 2 is 1.73 bits per heavy atom. The van der Waals surface area contributed by atoms with Crippen LogP contribution in [0.4, 0.5) is 5.69 Å². The van der Waals surface area contributed by atoms with Crippen LogP contribution < -0.4 is 9.62 Å². The summed E-state index contributed by atoms with van der Waals surface area (Å²) >= 11 is 3.32. The minimum Gasteiger partial charge on any atom is -0.352 e. The van der Waals surface area contributed by atoms with E-state index in [1.54, 1.807) is 24.3 Å². The molecule has 2 aromatic rings. The van der Waals surface area contributed by atoms with E-state index in [2.05, 4.69) is 21.2 Å². The van der Waals surface area contributed by atoms with E-state index in [9.17, 15) is 13.2 Å². The summed E-state index contributed by atoms with van der Waals surface area (Å²) in [6.07, 6.45) is 2.73. The van der Waals surface area contributed by atoms with Crippen molar-refractivity contribution in [2.45, 2.75) is 25.8 Å². The lowest BCUT2D eigenvalue weighted by Crippen LogP contribution is -2.43. The first-order chi connectivity index (χ1) is 12.3. The highest BCUT2D eigenvalue weighted by Crippen LogP contribution is 2.20. The van der Waals surface area contributed by atoms with Crippen LogP contribution in [0.1, 0.15) is 18.9 Å². The number of halogens is 1. The molecule has 0 unspecified atom stereocenters. The van der Waals surface area contributed by atoms with Crippen LogP contribution in [0.2, 0.25) is 0 Å². The van der Waals surface area contributed by atoms with Gasteiger partial charge < -0.3 is 5.32 Å². The highest BCUT2D eigenvalue weighted by atomic mass is 79.9. The van der Waals surface area contributed by atoms with Crippen LogP contribution in [-0.4, -0.2) is 33.2 Å². The predicted molar refractivity (Wildman–Crippen MR) is 109 cm³/mol. The van der Waals surface area contributed by atoms with Crippen LogP contribution in [0, 0.1) is 0 Å². The van der Waals surface area contributed by atoms with E-state index >= 15 is 0 Å². The van der Waals surface area contributed by atoms with Crippen LogP contribution in [0.3, 0.4) is 0 Å². The molecule has 0 aromatic heterocycles. The van der Waals surface area contributed by atoms with Gasteiger partial charge in [0.1, 0.15) is 6.54 Å². The number of carbonyl (C=O) groups excluding carboxylic acids is 1. The molecule has 0 aliphatic rings. The number of rotatable bonds is 8. The number of sulfonamides is 1. The molecule has 0 saturated heterocycles. The molecule has 5 nitrogen and oxygen atoms in total. The first-order valence-corrected chi connectivity index (χ1v) is 11.0. The van der Waals surface area contributed by atoms with Crippen LogP contribution in [0.25, 0.3) is 0 Å². The monoisotopic (exact) mass is 438 g/mol. The van der Waals surface area contributed by atoms with Crippen molar-refractivity contribution < 1.29 is 13.2 Å². The molecule has 2 rings (SSSR count). The summed E-state index contributed by atoms with van der Waals surface area (Å²) in [6, 6.07) is 16.8. The van der Waals surface area contributed by atoms with E-state index in [1.807, 2.05) is 37.3 Å². The maximum atomic E-state index is 12.3. The summed E-state index contributed by atoms with van der Waals surface area (Å²) in [4.78, 5) is 12.3. The zero-order chi connectivity index (χ0) is 19.2. The molecule has 1 N–H and O–H groups in total. The lowest BCUT2D eigenvalue weighted by Gasteiger charge is -2.23. The maximum absolute atomic E-state index is 12.3. The second-order valence-electron chi connectivity index (χ2n) is 6.24. The van der Waals surface area contributed by atoms with Gasteiger partial charge in [-0.05, 0) is 49.6 Å². The molecule has 26 heavy (non-hydrogen) atoms. The molecular weight excluding hydrogens is 416 g/mol. The average molecular weight is 439 g/mol. The Hall–Kier alpha value is -1.86. The van der Waals surface area contributed by atoms with Crippen molar-refractivity contribution in [3.05, 3.63) is 64.6 Å². The number of hydrogen-bond donors (Lipinski definition) is 1. The number of amides is 1. The Bertz CT molecular complexity index is 824. The lowest BCUT2D eigenvalue weighted by molar-refractivity contribution is -0.120. The summed E-state index contributed by atoms with van der Waals surface area (Å²) in [5, 5.41) is 2.88. The zero-order valence-corrected chi connectivity index (χ0v) is 17.3. The molecule has 1 amide bonds. The molecule has 0 fully saturated rings. The molecule has 0 bridgehead atoms. The van der Waals surface area contributed by atoms with Gasteiger partial charge in [-0.25, -0.2) is 8.42 Å². The van der Waals surface area contributed by atoms with Crippen molar-refractivity contribution in [2.24, 2.45) is 0 Å². The Morgan fingerprint density at radius 1 is 1.12 bits per heavy atom. The van der Waals surface area contributed by atoms with E-state index < -0.39 is 10.0 Å². The highest BCUT2D eigenvalue weighted by molar-refractivity contribution is 9.10. The fraction of sp³-hybridized carbons (Fsp3) is 0.316. The predicted octanol–water partition coefficient (Wildman–Crippen LogP) is 3.35. The number of aryl methyl sites for hydroxylation is 1. The Kier molecular flexibility index (Phi) is 7.23. The quantitative estimate of drug-likeness (QED) is 0.686. The minimum absolute atomic E-state index is 0.0472. The van der Waals surface area contributed by atoms with E-state index in [4.69, 9.17) is 0 Å². The van der Waals surface area contributed by atoms with Crippen LogP contribution in [-0.2, 0) is 21.2 Å². The standard InChI is InChI=1S/C19H23BrN2O3S/c1-15(8-9-16-6-4-3-5-7-16)21-19(23)14-22(26(2,24)25)18-12-10-17(20)11-13-18/h3-7,10-13,15H,8-9,14H2,1-2H3,(H,21,23)/t15-/m1/s1. The van der Waals surface area contributed by atoms with Crippen molar-refractivity contribution in [1.29, 1.82) is 0 Å². The van der Waals surface area contributed by atoms with Crippen molar-refractivity contribution in [3.63, 3.8) is 0 Å². The molecule has 0 spiro atoms. The maximum Gasteiger partial charge on any atom is 0.240 e. The largest absolute Gasteiger partial charge is 0.352 e. The van der Waals surface area contributed by atoms with Crippen LogP contribution in [0.5, 0.6) is 0 Å². The molecule has 0 radical (unpaired) electrons. The van der Waals surface area contributed by atoms with Gasteiger partial charge in [0.25, 0.3) is 0 Å². The molecular formula is C19H23BrN2O3S. The molecule has 0 heterocycles. The highest BCUT2D eigenvalue weighted by Gasteiger charge is 2.21. The fourth-order valence-corrected chi connectivity index (χ4v) is 3.68. The molecule has 2 aromatic carbocycles. The SMILES string of the molecule is C[C@H](CCc1ccccc1)NC(=O)CN(c1ccc(Br)cc1)S(C)(=O)=O. The van der Waals surface area contributed by atoms with E-state index in [1.165, 1.54) is 5.56 Å². The number of anilines is 1. The van der Waals surface area contributed by atoms with Gasteiger partial charge in [-0.1, -0.05) is 46.3 Å². The molecule has 0 saturated carbocycles. The van der Waals surface area contributed by atoms with Gasteiger partial charge in [0.15, 0.2) is 0 Å². The van der Waals surface area contributed by atoms with E-state index in [0.717, 1.165) is 27.9 Å². The van der Waals surface area contributed by atoms with E-state index in [0.29, 0.717) is 5.69 Å². The molecule has 140 valence electrons. The first kappa shape index (κ1) is 20.5. The number of carbonyl (C=O) groups is 1. The Balaban J connectivity index is 1.95. The summed E-state index contributed by atoms with van der Waals surface area (Å²) in [5.74, 6) is -0.320. The third-order valence-corrected chi connectivity index (χ3v) is 5.59. The second kappa shape index (κ2) is 9.19. The summed E-state index contributed by atoms with van der Waals surface area (Å²) in [6.45, 7) is 1.68. The van der Waals surface area contributed by atoms with Crippen molar-refractivity contribution in [3.8, 4) is 0 Å². The van der Waals surface area contributed by atoms with Gasteiger partial charge in [0.05, 0.1) is 11.9 Å². The van der Waals surface area contributed by atoms with Gasteiger partial charge in [-0.2, -0.15) is 0 Å². The summed E-state index contributed by atoms with van der Waals surface area (Å²) in [7, 11) is -3.56. The lowest BCUT2D eigenvalue weighted by atomic mass is 10.1. The molecule has 0 aliphatic carbocycles. The summed E-state index contributed by atoms with van der Waals surface area (Å²) < 4.78 is 26.1. The molecule has 0 aliphatic heterocycles. The third-order valence-electron chi connectivity index (χ3n) is 3.92. The van der Waals surface area contributed by atoms with Crippen LogP contribution in [0.15, 0.2) is 59.1 Å². The second-order valence-corrected chi connectivity index (χ2v) is 9.06. The molecule has 7 heteroatoms. The van der Waals surface area contributed by atoms with Gasteiger partial charge in [0.2, 0.25) is 15.9 Å². The number of hydrogen-bond acceptors (Lipinski definition) is 3. The van der Waals surface area contributed by atoms with Gasteiger partial charge in [-0.15, -0.1) is 0 Å². The number of nitrogens with one attached hydrogen (secondary N) is 1. The fourth-order valence-electron chi connectivity index (χ4n) is 2.56. The van der Waals surface area contributed by atoms with Crippen molar-refractivity contribution >= 4 is 37.5 Å². The Morgan fingerprint density at radius 3 is 2.31 bits per heavy atom. The van der Waals surface area contributed by atoms with Gasteiger partial charge >= 0.3 is 0 Å². The zero-order valence-electron chi connectivity index (χ0n) is 14.9. The smallest absolute Gasteiger partial charge is 0.240 e. The minimum atomic E-state index is -3.56. The Labute approximate surface area is 163 Å². The van der Waals surface area contributed by atoms with E-state index in [-0.39, 0.29) is 18.5 Å². The normalized spacial score (nSPS) is 12.4. The summed E-state index contributed by atoms with van der Waals surface area (Å²) in [5.41, 5.74) is 1.67. The van der Waals surface area contributed by atoms with Crippen molar-refractivity contribution in [1.82, 2.24) is 5.32 Å². The molecule has 1 atom stereocenters. The first-order valence-electron chi connectivity index (χ1n) is 8.32. The van der Waals surface area contributed by atoms with Crippen molar-refractivity contribution in [2.75, 3.05) is 17.1 Å². The topological polar surface area (TPSA) is 66.5 Å². The number of nitrogens with zero attached hydrogens (tertiary/aromatic N) is 1.